The second-order valence-electron chi connectivity index (χ2n) is 11.1. The molecule has 7 heteroatoms. The van der Waals surface area contributed by atoms with Gasteiger partial charge in [0, 0.05) is 11.9 Å². The van der Waals surface area contributed by atoms with E-state index in [-0.39, 0.29) is 24.1 Å². The molecule has 0 aliphatic carbocycles. The zero-order valence-electron chi connectivity index (χ0n) is 24.1. The predicted molar refractivity (Wildman–Crippen MR) is 168 cm³/mol. The molecule has 7 nitrogen and oxygen atoms in total. The van der Waals surface area contributed by atoms with Crippen molar-refractivity contribution in [3.63, 3.8) is 0 Å². The second kappa shape index (κ2) is 10.7. The minimum Gasteiger partial charge on any atom is -0.496 e. The van der Waals surface area contributed by atoms with E-state index < -0.39 is 23.4 Å². The lowest BCUT2D eigenvalue weighted by Crippen LogP contribution is -2.49. The number of ketones is 2. The highest BCUT2D eigenvalue weighted by Crippen LogP contribution is 2.62. The molecule has 4 aromatic carbocycles. The molecule has 3 aliphatic rings. The van der Waals surface area contributed by atoms with E-state index >= 15 is 4.79 Å². The zero-order chi connectivity index (χ0) is 30.4. The third kappa shape index (κ3) is 3.85. The number of methoxy groups -OCH3 is 1. The number of benzene rings is 4. The van der Waals surface area contributed by atoms with Gasteiger partial charge in [-0.2, -0.15) is 0 Å². The molecule has 0 bridgehead atoms. The average Bonchev–Trinajstić information content (AvgIpc) is 3.55. The first-order valence-corrected chi connectivity index (χ1v) is 14.5. The molecule has 4 atom stereocenters. The maximum absolute atomic E-state index is 15.2. The molecule has 0 aromatic heterocycles. The van der Waals surface area contributed by atoms with Gasteiger partial charge in [-0.3, -0.25) is 14.4 Å². The number of amides is 1. The summed E-state index contributed by atoms with van der Waals surface area (Å²) in [5.41, 5.74) is 2.30. The van der Waals surface area contributed by atoms with Crippen molar-refractivity contribution in [2.75, 3.05) is 19.0 Å². The lowest BCUT2D eigenvalue weighted by atomic mass is 9.62. The van der Waals surface area contributed by atoms with Crippen molar-refractivity contribution in [1.82, 2.24) is 4.90 Å². The Hall–Kier alpha value is -5.43. The van der Waals surface area contributed by atoms with Crippen LogP contribution in [0.1, 0.15) is 43.4 Å². The Labute approximate surface area is 255 Å². The molecule has 0 radical (unpaired) electrons. The number of para-hydroxylation sites is 3. The van der Waals surface area contributed by atoms with Crippen molar-refractivity contribution in [2.24, 2.45) is 5.92 Å². The molecule has 44 heavy (non-hydrogen) atoms. The van der Waals surface area contributed by atoms with E-state index in [9.17, 15) is 9.59 Å². The van der Waals surface area contributed by atoms with Crippen molar-refractivity contribution in [3.05, 3.63) is 144 Å². The molecule has 3 aliphatic heterocycles. The van der Waals surface area contributed by atoms with Gasteiger partial charge < -0.3 is 19.7 Å². The fraction of sp³-hybridized carbons (Fsp3) is 0.162. The van der Waals surface area contributed by atoms with E-state index in [2.05, 4.69) is 11.9 Å². The fourth-order valence-electron chi connectivity index (χ4n) is 7.29. The molecule has 1 fully saturated rings. The molecule has 7 rings (SSSR count). The molecule has 0 saturated carbocycles. The Bertz CT molecular complexity index is 1860. The summed E-state index contributed by atoms with van der Waals surface area (Å²) < 4.78 is 11.5. The van der Waals surface area contributed by atoms with Crippen molar-refractivity contribution < 1.29 is 23.9 Å². The number of hydrogen-bond donors (Lipinski definition) is 1. The van der Waals surface area contributed by atoms with Gasteiger partial charge in [0.25, 0.3) is 0 Å². The smallest absolute Gasteiger partial charge is 0.238 e. The van der Waals surface area contributed by atoms with Crippen LogP contribution in [0.4, 0.5) is 5.69 Å². The molecule has 1 amide bonds. The Balaban J connectivity index is 1.54. The maximum Gasteiger partial charge on any atom is 0.238 e. The van der Waals surface area contributed by atoms with Crippen molar-refractivity contribution in [2.45, 2.75) is 17.5 Å². The van der Waals surface area contributed by atoms with Gasteiger partial charge in [-0.15, -0.1) is 0 Å². The predicted octanol–water partition coefficient (Wildman–Crippen LogP) is 6.24. The van der Waals surface area contributed by atoms with Crippen molar-refractivity contribution >= 4 is 29.2 Å². The monoisotopic (exact) mass is 582 g/mol. The standard InChI is InChI=1S/C37H30N2O5/c1-3-22-44-30-19-11-7-15-26(30)33(40)31-32(34(41)25-14-6-10-18-29(25)43-2)39-21-20-23-12-4-5-13-24(23)35(39)37(31)27-16-8-9-17-28(27)38-36(37)42/h3-21,31-32,35H,1,22H2,2H3,(H,38,42)/t31-,32-,35+,37+/m0/s1. The average molecular weight is 583 g/mol. The van der Waals surface area contributed by atoms with E-state index in [1.807, 2.05) is 65.7 Å². The highest BCUT2D eigenvalue weighted by Gasteiger charge is 2.71. The molecule has 1 saturated heterocycles. The van der Waals surface area contributed by atoms with Gasteiger partial charge >= 0.3 is 0 Å². The van der Waals surface area contributed by atoms with Crippen LogP contribution >= 0.6 is 0 Å². The highest BCUT2D eigenvalue weighted by molar-refractivity contribution is 6.17. The topological polar surface area (TPSA) is 84.9 Å². The van der Waals surface area contributed by atoms with Crippen LogP contribution in [0.3, 0.4) is 0 Å². The molecule has 218 valence electrons. The van der Waals surface area contributed by atoms with E-state index in [0.717, 1.165) is 11.1 Å². The number of carbonyl (C=O) groups excluding carboxylic acids is 3. The Morgan fingerprint density at radius 3 is 2.32 bits per heavy atom. The maximum atomic E-state index is 15.2. The van der Waals surface area contributed by atoms with Crippen LogP contribution in [-0.4, -0.2) is 42.1 Å². The lowest BCUT2D eigenvalue weighted by molar-refractivity contribution is -0.122. The number of Topliss-reactive ketones (excluding diaryl/α,β-unsaturated/α-hetero) is 2. The zero-order valence-corrected chi connectivity index (χ0v) is 24.1. The Morgan fingerprint density at radius 2 is 1.55 bits per heavy atom. The number of carbonyl (C=O) groups is 3. The van der Waals surface area contributed by atoms with Gasteiger partial charge in [0.15, 0.2) is 11.6 Å². The van der Waals surface area contributed by atoms with Gasteiger partial charge in [-0.1, -0.05) is 79.4 Å². The first-order chi connectivity index (χ1) is 21.5. The van der Waals surface area contributed by atoms with Gasteiger partial charge in [-0.05, 0) is 53.1 Å². The van der Waals surface area contributed by atoms with E-state index in [4.69, 9.17) is 9.47 Å². The van der Waals surface area contributed by atoms with Crippen LogP contribution in [0.5, 0.6) is 11.5 Å². The van der Waals surface area contributed by atoms with Crippen molar-refractivity contribution in [3.8, 4) is 11.5 Å². The van der Waals surface area contributed by atoms with Crippen LogP contribution in [-0.2, 0) is 10.2 Å². The quantitative estimate of drug-likeness (QED) is 0.196. The second-order valence-corrected chi connectivity index (χ2v) is 11.1. The van der Waals surface area contributed by atoms with Crippen LogP contribution in [0.15, 0.2) is 116 Å². The molecule has 0 unspecified atom stereocenters. The van der Waals surface area contributed by atoms with Crippen LogP contribution < -0.4 is 14.8 Å². The molecule has 1 spiro atoms. The molecular formula is C37H30N2O5. The Morgan fingerprint density at radius 1 is 0.886 bits per heavy atom. The Kier molecular flexibility index (Phi) is 6.66. The SMILES string of the molecule is C=CCOc1ccccc1C(=O)[C@@H]1[C@@H](C(=O)c2ccccc2OC)N2C=Cc3ccccc3[C@@H]2[C@]12C(=O)Nc1ccccc12. The van der Waals surface area contributed by atoms with Crippen LogP contribution in [0.25, 0.3) is 6.08 Å². The first-order valence-electron chi connectivity index (χ1n) is 14.5. The molecular weight excluding hydrogens is 552 g/mol. The minimum absolute atomic E-state index is 0.192. The molecule has 1 N–H and O–H groups in total. The first kappa shape index (κ1) is 27.4. The summed E-state index contributed by atoms with van der Waals surface area (Å²) in [6.07, 6.45) is 5.40. The number of anilines is 1. The van der Waals surface area contributed by atoms with Crippen LogP contribution in [0.2, 0.25) is 0 Å². The summed E-state index contributed by atoms with van der Waals surface area (Å²) in [6.45, 7) is 3.93. The van der Waals surface area contributed by atoms with Gasteiger partial charge in [0.05, 0.1) is 30.2 Å². The number of nitrogens with zero attached hydrogens (tertiary/aromatic N) is 1. The summed E-state index contributed by atoms with van der Waals surface area (Å²) in [4.78, 5) is 46.6. The third-order valence-electron chi connectivity index (χ3n) is 9.00. The van der Waals surface area contributed by atoms with Crippen LogP contribution in [0, 0.1) is 5.92 Å². The summed E-state index contributed by atoms with van der Waals surface area (Å²) >= 11 is 0. The molecule has 3 heterocycles. The summed E-state index contributed by atoms with van der Waals surface area (Å²) in [5, 5.41) is 3.08. The number of fused-ring (bicyclic) bond motifs is 6. The van der Waals surface area contributed by atoms with E-state index in [1.165, 1.54) is 7.11 Å². The highest BCUT2D eigenvalue weighted by atomic mass is 16.5. The largest absolute Gasteiger partial charge is 0.496 e. The van der Waals surface area contributed by atoms with Gasteiger partial charge in [0.1, 0.15) is 29.6 Å². The minimum atomic E-state index is -1.44. The van der Waals surface area contributed by atoms with E-state index in [0.29, 0.717) is 33.9 Å². The lowest BCUT2D eigenvalue weighted by Gasteiger charge is -2.38. The number of hydrogen-bond acceptors (Lipinski definition) is 6. The number of nitrogens with one attached hydrogen (secondary N) is 1. The summed E-state index contributed by atoms with van der Waals surface area (Å²) in [7, 11) is 1.51. The number of ether oxygens (including phenoxy) is 2. The van der Waals surface area contributed by atoms with Crippen molar-refractivity contribution in [1.29, 1.82) is 0 Å². The van der Waals surface area contributed by atoms with E-state index in [1.54, 1.807) is 54.6 Å². The fourth-order valence-corrected chi connectivity index (χ4v) is 7.29. The summed E-state index contributed by atoms with van der Waals surface area (Å²) in [6, 6.07) is 27.6. The van der Waals surface area contributed by atoms with Gasteiger partial charge in [-0.25, -0.2) is 0 Å². The normalized spacial score (nSPS) is 22.5. The third-order valence-corrected chi connectivity index (χ3v) is 9.00. The summed E-state index contributed by atoms with van der Waals surface area (Å²) in [5.74, 6) is -1.36. The number of rotatable bonds is 8. The molecule has 4 aromatic rings. The van der Waals surface area contributed by atoms with Gasteiger partial charge in [0.2, 0.25) is 5.91 Å².